The number of hydroxylamine groups is 1. The average Bonchev–Trinajstić information content (AvgIpc) is 2.96. The molecule has 0 bridgehead atoms. The summed E-state index contributed by atoms with van der Waals surface area (Å²) in [4.78, 5) is 13.6. The molecule has 0 aliphatic rings. The van der Waals surface area contributed by atoms with Gasteiger partial charge in [-0.1, -0.05) is 48.0 Å². The summed E-state index contributed by atoms with van der Waals surface area (Å²) in [5.41, 5.74) is 4.97. The van der Waals surface area contributed by atoms with Gasteiger partial charge in [0.2, 0.25) is 5.91 Å². The zero-order chi connectivity index (χ0) is 28.8. The normalized spacial score (nSPS) is 11.5. The van der Waals surface area contributed by atoms with E-state index in [9.17, 15) is 13.2 Å². The summed E-state index contributed by atoms with van der Waals surface area (Å²) in [6, 6.07) is 22.5. The average molecular weight is 589 g/mol. The molecule has 0 heterocycles. The second kappa shape index (κ2) is 16.3. The Morgan fingerprint density at radius 1 is 0.925 bits per heavy atom. The van der Waals surface area contributed by atoms with Crippen molar-refractivity contribution in [2.45, 2.75) is 30.6 Å². The molecule has 0 saturated heterocycles. The van der Waals surface area contributed by atoms with Gasteiger partial charge in [-0.15, -0.1) is 0 Å². The number of nitrogens with one attached hydrogen (secondary N) is 1. The second-order valence-electron chi connectivity index (χ2n) is 9.42. The van der Waals surface area contributed by atoms with Crippen LogP contribution in [0.1, 0.15) is 24.8 Å². The lowest BCUT2D eigenvalue weighted by Gasteiger charge is -2.21. The van der Waals surface area contributed by atoms with E-state index in [4.69, 9.17) is 26.3 Å². The molecule has 3 aromatic carbocycles. The monoisotopic (exact) mass is 588 g/mol. The van der Waals surface area contributed by atoms with E-state index < -0.39 is 15.7 Å². The number of hydrogen-bond donors (Lipinski definition) is 2. The molecule has 1 amide bonds. The largest absolute Gasteiger partial charge is 0.493 e. The van der Waals surface area contributed by atoms with Crippen molar-refractivity contribution in [1.82, 2.24) is 10.4 Å². The quantitative estimate of drug-likeness (QED) is 0.168. The Hall–Kier alpha value is -2.95. The van der Waals surface area contributed by atoms with Crippen molar-refractivity contribution in [3.05, 3.63) is 83.4 Å². The highest BCUT2D eigenvalue weighted by molar-refractivity contribution is 7.91. The van der Waals surface area contributed by atoms with E-state index >= 15 is 0 Å². The smallest absolute Gasteiger partial charge is 0.243 e. The summed E-state index contributed by atoms with van der Waals surface area (Å²) in [5, 5.41) is 9.33. The number of benzene rings is 3. The topological polar surface area (TPSA) is 105 Å². The Balaban J connectivity index is 1.46. The van der Waals surface area contributed by atoms with Gasteiger partial charge in [-0.05, 0) is 79.0 Å². The van der Waals surface area contributed by atoms with Crippen molar-refractivity contribution in [3.8, 4) is 16.9 Å². The summed E-state index contributed by atoms with van der Waals surface area (Å²) in [7, 11) is -1.84. The fourth-order valence-electron chi connectivity index (χ4n) is 4.25. The summed E-state index contributed by atoms with van der Waals surface area (Å²) in [6.07, 6.45) is 1.91. The predicted octanol–water partition coefficient (Wildman–Crippen LogP) is 5.03. The van der Waals surface area contributed by atoms with Gasteiger partial charge in [0.1, 0.15) is 5.75 Å². The molecular formula is C30H37ClN2O6S. The van der Waals surface area contributed by atoms with Gasteiger partial charge in [0.25, 0.3) is 0 Å². The zero-order valence-corrected chi connectivity index (χ0v) is 24.3. The maximum absolute atomic E-state index is 12.9. The van der Waals surface area contributed by atoms with E-state index in [-0.39, 0.29) is 17.1 Å². The highest BCUT2D eigenvalue weighted by atomic mass is 35.5. The third kappa shape index (κ3) is 10.6. The number of carbonyl (C=O) groups excluding carboxylic acids is 1. The molecule has 0 aromatic heterocycles. The Kier molecular flexibility index (Phi) is 12.9. The van der Waals surface area contributed by atoms with Crippen LogP contribution in [-0.2, 0) is 25.8 Å². The van der Waals surface area contributed by atoms with Crippen LogP contribution in [0, 0.1) is 0 Å². The van der Waals surface area contributed by atoms with E-state index in [2.05, 4.69) is 23.1 Å². The van der Waals surface area contributed by atoms with E-state index in [0.29, 0.717) is 62.9 Å². The Morgan fingerprint density at radius 3 is 2.35 bits per heavy atom. The molecule has 0 fully saturated rings. The zero-order valence-electron chi connectivity index (χ0n) is 22.7. The molecule has 0 radical (unpaired) electrons. The summed E-state index contributed by atoms with van der Waals surface area (Å²) in [6.45, 7) is 2.77. The van der Waals surface area contributed by atoms with Crippen LogP contribution in [0.15, 0.2) is 77.7 Å². The number of hydrogen-bond acceptors (Lipinski definition) is 7. The van der Waals surface area contributed by atoms with Crippen LogP contribution in [0.25, 0.3) is 11.1 Å². The van der Waals surface area contributed by atoms with E-state index in [1.54, 1.807) is 36.9 Å². The number of methoxy groups -OCH3 is 1. The first-order chi connectivity index (χ1) is 19.3. The van der Waals surface area contributed by atoms with Gasteiger partial charge in [0.15, 0.2) is 9.84 Å². The van der Waals surface area contributed by atoms with Gasteiger partial charge in [0, 0.05) is 31.5 Å². The molecule has 0 saturated carbocycles. The molecule has 0 atom stereocenters. The van der Waals surface area contributed by atoms with Crippen molar-refractivity contribution in [2.24, 2.45) is 0 Å². The SMILES string of the molecule is COCCN(CCCC(=O)NO)CCCS(=O)(=O)c1ccc(OCCc2cccc(-c3ccc(Cl)cc3)c2)cc1. The van der Waals surface area contributed by atoms with Crippen LogP contribution in [0.4, 0.5) is 0 Å². The first kappa shape index (κ1) is 31.6. The number of ether oxygens (including phenoxy) is 2. The molecule has 0 spiro atoms. The summed E-state index contributed by atoms with van der Waals surface area (Å²) in [5.74, 6) is 0.188. The van der Waals surface area contributed by atoms with Gasteiger partial charge < -0.3 is 14.4 Å². The lowest BCUT2D eigenvalue weighted by molar-refractivity contribution is -0.129. The minimum Gasteiger partial charge on any atom is -0.493 e. The molecule has 3 rings (SSSR count). The number of nitrogens with zero attached hydrogens (tertiary/aromatic N) is 1. The summed E-state index contributed by atoms with van der Waals surface area (Å²) < 4.78 is 36.8. The lowest BCUT2D eigenvalue weighted by atomic mass is 10.0. The van der Waals surface area contributed by atoms with Gasteiger partial charge in [-0.3, -0.25) is 10.0 Å². The van der Waals surface area contributed by atoms with Crippen LogP contribution >= 0.6 is 11.6 Å². The predicted molar refractivity (Wildman–Crippen MR) is 157 cm³/mol. The standard InChI is InChI=1S/C30H37ClN2O6S/c1-38-21-19-33(17-3-7-30(34)32-35)18-4-22-40(36,37)29-14-12-28(13-15-29)39-20-16-24-5-2-6-26(23-24)25-8-10-27(31)11-9-25/h2,5-6,8-15,23,35H,3-4,7,16-22H2,1H3,(H,32,34). The van der Waals surface area contributed by atoms with E-state index in [0.717, 1.165) is 16.7 Å². The molecule has 3 aromatic rings. The van der Waals surface area contributed by atoms with Gasteiger partial charge in [-0.25, -0.2) is 13.9 Å². The minimum atomic E-state index is -3.45. The van der Waals surface area contributed by atoms with Crippen LogP contribution in [0.3, 0.4) is 0 Å². The highest BCUT2D eigenvalue weighted by Gasteiger charge is 2.16. The minimum absolute atomic E-state index is 0.0117. The van der Waals surface area contributed by atoms with Crippen LogP contribution in [0.5, 0.6) is 5.75 Å². The second-order valence-corrected chi connectivity index (χ2v) is 12.0. The maximum atomic E-state index is 12.9. The first-order valence-corrected chi connectivity index (χ1v) is 15.3. The molecule has 0 unspecified atom stereocenters. The maximum Gasteiger partial charge on any atom is 0.243 e. The number of sulfone groups is 1. The van der Waals surface area contributed by atoms with Crippen LogP contribution in [-0.4, -0.2) is 70.1 Å². The van der Waals surface area contributed by atoms with Crippen LogP contribution < -0.4 is 10.2 Å². The Morgan fingerprint density at radius 2 is 1.65 bits per heavy atom. The number of halogens is 1. The van der Waals surface area contributed by atoms with Gasteiger partial charge in [-0.2, -0.15) is 0 Å². The fraction of sp³-hybridized carbons (Fsp3) is 0.367. The van der Waals surface area contributed by atoms with Crippen molar-refractivity contribution >= 4 is 27.3 Å². The van der Waals surface area contributed by atoms with Gasteiger partial charge in [0.05, 0.1) is 23.9 Å². The molecule has 216 valence electrons. The fourth-order valence-corrected chi connectivity index (χ4v) is 5.67. The van der Waals surface area contributed by atoms with Crippen LogP contribution in [0.2, 0.25) is 5.02 Å². The van der Waals surface area contributed by atoms with Crippen molar-refractivity contribution in [2.75, 3.05) is 45.7 Å². The summed E-state index contributed by atoms with van der Waals surface area (Å²) >= 11 is 6.00. The molecule has 40 heavy (non-hydrogen) atoms. The first-order valence-electron chi connectivity index (χ1n) is 13.3. The number of amides is 1. The molecule has 8 nitrogen and oxygen atoms in total. The third-order valence-corrected chi connectivity index (χ3v) is 8.52. The Labute approximate surface area is 241 Å². The number of carbonyl (C=O) groups is 1. The van der Waals surface area contributed by atoms with Crippen molar-refractivity contribution in [1.29, 1.82) is 0 Å². The van der Waals surface area contributed by atoms with Crippen molar-refractivity contribution < 1.29 is 27.9 Å². The molecule has 2 N–H and O–H groups in total. The van der Waals surface area contributed by atoms with Crippen molar-refractivity contribution in [3.63, 3.8) is 0 Å². The lowest BCUT2D eigenvalue weighted by Crippen LogP contribution is -2.31. The molecular weight excluding hydrogens is 552 g/mol. The molecule has 10 heteroatoms. The number of rotatable bonds is 17. The molecule has 0 aliphatic carbocycles. The Bertz CT molecular complexity index is 1300. The van der Waals surface area contributed by atoms with E-state index in [1.807, 2.05) is 30.3 Å². The van der Waals surface area contributed by atoms with E-state index in [1.165, 1.54) is 0 Å². The molecule has 0 aliphatic heterocycles. The third-order valence-electron chi connectivity index (χ3n) is 6.45. The van der Waals surface area contributed by atoms with Gasteiger partial charge >= 0.3 is 0 Å². The highest BCUT2D eigenvalue weighted by Crippen LogP contribution is 2.23.